The lowest BCUT2D eigenvalue weighted by Gasteiger charge is -2.12. The van der Waals surface area contributed by atoms with Crippen molar-refractivity contribution in [3.05, 3.63) is 17.3 Å². The fraction of sp³-hybridized carbons (Fsp3) is 0.333. The number of aromatic nitrogens is 1. The van der Waals surface area contributed by atoms with E-state index in [1.165, 1.54) is 13.2 Å². The van der Waals surface area contributed by atoms with Crippen molar-refractivity contribution in [3.63, 3.8) is 0 Å². The number of ether oxygens (including phenoxy) is 1. The second-order valence-electron chi connectivity index (χ2n) is 3.00. The summed E-state index contributed by atoms with van der Waals surface area (Å²) in [6, 6.07) is 2.61. The maximum atomic E-state index is 11.1. The number of halogens is 1. The van der Waals surface area contributed by atoms with Gasteiger partial charge in [-0.15, -0.1) is 0 Å². The average molecular weight is 230 g/mol. The molecule has 82 valence electrons. The quantitative estimate of drug-likeness (QED) is 0.603. The minimum Gasteiger partial charge on any atom is -0.467 e. The first-order chi connectivity index (χ1) is 7.02. The summed E-state index contributed by atoms with van der Waals surface area (Å²) in [7, 11) is 1.32. The second kappa shape index (κ2) is 4.84. The van der Waals surface area contributed by atoms with Crippen LogP contribution in [0.1, 0.15) is 6.92 Å². The number of carbonyl (C=O) groups is 1. The molecule has 6 heteroatoms. The number of carbonyl (C=O) groups excluding carboxylic acids is 1. The molecule has 0 aliphatic rings. The van der Waals surface area contributed by atoms with Gasteiger partial charge in [0.15, 0.2) is 0 Å². The molecule has 0 bridgehead atoms. The third-order valence-electron chi connectivity index (χ3n) is 1.74. The molecular formula is C9H12ClN3O2. The number of nitrogens with two attached hydrogens (primary N) is 1. The normalized spacial score (nSPS) is 11.9. The van der Waals surface area contributed by atoms with Gasteiger partial charge in [0.25, 0.3) is 0 Å². The van der Waals surface area contributed by atoms with Crippen molar-refractivity contribution < 1.29 is 9.53 Å². The predicted molar refractivity (Wildman–Crippen MR) is 58.8 cm³/mol. The summed E-state index contributed by atoms with van der Waals surface area (Å²) in [6.45, 7) is 1.66. The van der Waals surface area contributed by atoms with Gasteiger partial charge in [-0.2, -0.15) is 0 Å². The number of hydrogen-bond donors (Lipinski definition) is 2. The highest BCUT2D eigenvalue weighted by atomic mass is 35.5. The molecule has 0 saturated carbocycles. The third kappa shape index (κ3) is 3.28. The Morgan fingerprint density at radius 2 is 2.33 bits per heavy atom. The molecule has 1 heterocycles. The van der Waals surface area contributed by atoms with Crippen LogP contribution < -0.4 is 11.1 Å². The predicted octanol–water partition coefficient (Wildman–Crippen LogP) is 1.29. The first-order valence-electron chi connectivity index (χ1n) is 4.30. The fourth-order valence-electron chi connectivity index (χ4n) is 1.05. The van der Waals surface area contributed by atoms with Gasteiger partial charge in [0.05, 0.1) is 7.11 Å². The van der Waals surface area contributed by atoms with E-state index in [1.54, 1.807) is 13.0 Å². The van der Waals surface area contributed by atoms with E-state index >= 15 is 0 Å². The molecule has 1 rings (SSSR count). The first-order valence-corrected chi connectivity index (χ1v) is 4.68. The fourth-order valence-corrected chi connectivity index (χ4v) is 1.27. The Balaban J connectivity index is 2.76. The van der Waals surface area contributed by atoms with Crippen molar-refractivity contribution in [3.8, 4) is 0 Å². The Morgan fingerprint density at radius 3 is 2.87 bits per heavy atom. The summed E-state index contributed by atoms with van der Waals surface area (Å²) < 4.78 is 4.55. The molecule has 0 saturated heterocycles. The van der Waals surface area contributed by atoms with E-state index in [0.717, 1.165) is 0 Å². The molecule has 1 aromatic heterocycles. The van der Waals surface area contributed by atoms with Crippen LogP contribution in [0, 0.1) is 0 Å². The van der Waals surface area contributed by atoms with Gasteiger partial charge in [-0.25, -0.2) is 9.78 Å². The van der Waals surface area contributed by atoms with Crippen LogP contribution in [0.2, 0.25) is 5.15 Å². The highest BCUT2D eigenvalue weighted by molar-refractivity contribution is 6.29. The Hall–Kier alpha value is -1.49. The second-order valence-corrected chi connectivity index (χ2v) is 3.38. The number of nitrogens with one attached hydrogen (secondary N) is 1. The van der Waals surface area contributed by atoms with Crippen molar-refractivity contribution >= 4 is 29.1 Å². The van der Waals surface area contributed by atoms with Gasteiger partial charge in [-0.1, -0.05) is 11.6 Å². The SMILES string of the molecule is COC(=O)C(C)Nc1cc(N)cc(Cl)n1. The standard InChI is InChI=1S/C9H12ClN3O2/c1-5(9(14)15-2)12-8-4-6(11)3-7(10)13-8/h3-5H,1-2H3,(H3,11,12,13). The van der Waals surface area contributed by atoms with Crippen molar-refractivity contribution in [2.75, 3.05) is 18.2 Å². The molecule has 0 aliphatic carbocycles. The van der Waals surface area contributed by atoms with E-state index < -0.39 is 6.04 Å². The Kier molecular flexibility index (Phi) is 3.74. The highest BCUT2D eigenvalue weighted by Crippen LogP contribution is 2.16. The maximum Gasteiger partial charge on any atom is 0.328 e. The molecule has 0 aliphatic heterocycles. The molecule has 1 unspecified atom stereocenters. The summed E-state index contributed by atoms with van der Waals surface area (Å²) in [4.78, 5) is 15.1. The number of anilines is 2. The van der Waals surface area contributed by atoms with Crippen LogP contribution in [0.15, 0.2) is 12.1 Å². The van der Waals surface area contributed by atoms with Gasteiger partial charge in [-0.05, 0) is 13.0 Å². The average Bonchev–Trinajstić information content (AvgIpc) is 2.14. The molecule has 1 atom stereocenters. The van der Waals surface area contributed by atoms with E-state index in [1.807, 2.05) is 0 Å². The van der Waals surface area contributed by atoms with Crippen LogP contribution in [0.5, 0.6) is 0 Å². The lowest BCUT2D eigenvalue weighted by molar-refractivity contribution is -0.141. The number of esters is 1. The smallest absolute Gasteiger partial charge is 0.328 e. The number of nitrogens with zero attached hydrogens (tertiary/aromatic N) is 1. The van der Waals surface area contributed by atoms with Crippen LogP contribution in [0.25, 0.3) is 0 Å². The highest BCUT2D eigenvalue weighted by Gasteiger charge is 2.13. The molecule has 3 N–H and O–H groups in total. The largest absolute Gasteiger partial charge is 0.467 e. The number of hydrogen-bond acceptors (Lipinski definition) is 5. The third-order valence-corrected chi connectivity index (χ3v) is 1.93. The van der Waals surface area contributed by atoms with Gasteiger partial charge < -0.3 is 15.8 Å². The van der Waals surface area contributed by atoms with Crippen LogP contribution in [-0.4, -0.2) is 24.1 Å². The van der Waals surface area contributed by atoms with Gasteiger partial charge in [0, 0.05) is 11.8 Å². The van der Waals surface area contributed by atoms with Crippen molar-refractivity contribution in [1.82, 2.24) is 4.98 Å². The van der Waals surface area contributed by atoms with E-state index in [0.29, 0.717) is 11.5 Å². The molecule has 0 spiro atoms. The Morgan fingerprint density at radius 1 is 1.67 bits per heavy atom. The summed E-state index contributed by atoms with van der Waals surface area (Å²) in [6.07, 6.45) is 0. The van der Waals surface area contributed by atoms with Gasteiger partial charge in [-0.3, -0.25) is 0 Å². The molecule has 0 aromatic carbocycles. The number of nitrogen functional groups attached to an aromatic ring is 1. The summed E-state index contributed by atoms with van der Waals surface area (Å²) in [5, 5.41) is 3.10. The molecule has 5 nitrogen and oxygen atoms in total. The molecule has 0 fully saturated rings. The van der Waals surface area contributed by atoms with Gasteiger partial charge in [0.2, 0.25) is 0 Å². The lowest BCUT2D eigenvalue weighted by Crippen LogP contribution is -2.27. The molecular weight excluding hydrogens is 218 g/mol. The topological polar surface area (TPSA) is 77.2 Å². The molecule has 0 radical (unpaired) electrons. The summed E-state index contributed by atoms with van der Waals surface area (Å²) in [5.74, 6) is 0.0632. The summed E-state index contributed by atoms with van der Waals surface area (Å²) >= 11 is 5.70. The van der Waals surface area contributed by atoms with Crippen LogP contribution in [0.3, 0.4) is 0 Å². The number of methoxy groups -OCH3 is 1. The molecule has 1 aromatic rings. The zero-order chi connectivity index (χ0) is 11.4. The van der Waals surface area contributed by atoms with E-state index in [9.17, 15) is 4.79 Å². The van der Waals surface area contributed by atoms with Crippen molar-refractivity contribution in [1.29, 1.82) is 0 Å². The van der Waals surface area contributed by atoms with E-state index in [-0.39, 0.29) is 11.1 Å². The van der Waals surface area contributed by atoms with Crippen molar-refractivity contribution in [2.45, 2.75) is 13.0 Å². The minimum absolute atomic E-state index is 0.273. The van der Waals surface area contributed by atoms with Crippen LogP contribution >= 0.6 is 11.6 Å². The molecule has 15 heavy (non-hydrogen) atoms. The maximum absolute atomic E-state index is 11.1. The Bertz CT molecular complexity index is 350. The van der Waals surface area contributed by atoms with Crippen molar-refractivity contribution in [2.24, 2.45) is 0 Å². The minimum atomic E-state index is -0.500. The van der Waals surface area contributed by atoms with E-state index in [4.69, 9.17) is 17.3 Å². The number of pyridine rings is 1. The van der Waals surface area contributed by atoms with Gasteiger partial charge >= 0.3 is 5.97 Å². The zero-order valence-corrected chi connectivity index (χ0v) is 9.21. The zero-order valence-electron chi connectivity index (χ0n) is 8.45. The first kappa shape index (κ1) is 11.6. The molecule has 0 amide bonds. The van der Waals surface area contributed by atoms with Crippen LogP contribution in [0.4, 0.5) is 11.5 Å². The van der Waals surface area contributed by atoms with Crippen LogP contribution in [-0.2, 0) is 9.53 Å². The lowest BCUT2D eigenvalue weighted by atomic mass is 10.3. The summed E-state index contributed by atoms with van der Waals surface area (Å²) in [5.41, 5.74) is 6.04. The van der Waals surface area contributed by atoms with E-state index in [2.05, 4.69) is 15.0 Å². The number of rotatable bonds is 3. The Labute approximate surface area is 92.6 Å². The monoisotopic (exact) mass is 229 g/mol. The van der Waals surface area contributed by atoms with Gasteiger partial charge in [0.1, 0.15) is 17.0 Å².